The Bertz CT molecular complexity index is 348. The Labute approximate surface area is 107 Å². The SMILES string of the molecule is CC1(I)CCCCC1CS(=O)(=O)C(F)(F)F. The van der Waals surface area contributed by atoms with Crippen LogP contribution < -0.4 is 0 Å². The molecule has 96 valence electrons. The van der Waals surface area contributed by atoms with Crippen LogP contribution in [0.4, 0.5) is 13.2 Å². The Kier molecular flexibility index (Phi) is 4.20. The molecule has 16 heavy (non-hydrogen) atoms. The summed E-state index contributed by atoms with van der Waals surface area (Å²) in [6.07, 6.45) is 3.12. The van der Waals surface area contributed by atoms with E-state index >= 15 is 0 Å². The van der Waals surface area contributed by atoms with E-state index in [0.29, 0.717) is 6.42 Å². The van der Waals surface area contributed by atoms with E-state index in [1.54, 1.807) is 0 Å². The largest absolute Gasteiger partial charge is 0.497 e. The Morgan fingerprint density at radius 1 is 1.38 bits per heavy atom. The molecule has 1 fully saturated rings. The average Bonchev–Trinajstić information content (AvgIpc) is 2.06. The number of rotatable bonds is 2. The van der Waals surface area contributed by atoms with Gasteiger partial charge in [-0.05, 0) is 18.8 Å². The second-order valence-corrected chi connectivity index (χ2v) is 8.94. The van der Waals surface area contributed by atoms with Gasteiger partial charge < -0.3 is 0 Å². The van der Waals surface area contributed by atoms with Gasteiger partial charge in [0.2, 0.25) is 9.84 Å². The summed E-state index contributed by atoms with van der Waals surface area (Å²) in [7, 11) is -4.97. The maximum Gasteiger partial charge on any atom is 0.497 e. The molecule has 0 aromatic carbocycles. The van der Waals surface area contributed by atoms with Gasteiger partial charge in [-0.3, -0.25) is 0 Å². The molecule has 0 bridgehead atoms. The standard InChI is InChI=1S/C9H14F3IO2S/c1-8(13)5-3-2-4-7(8)6-16(14,15)9(10,11)12/h7H,2-6H2,1H3. The molecule has 1 aliphatic rings. The van der Waals surface area contributed by atoms with Crippen molar-refractivity contribution in [3.63, 3.8) is 0 Å². The van der Waals surface area contributed by atoms with Gasteiger partial charge in [0.25, 0.3) is 0 Å². The van der Waals surface area contributed by atoms with Gasteiger partial charge in [0.15, 0.2) is 0 Å². The molecule has 1 saturated carbocycles. The number of sulfone groups is 1. The van der Waals surface area contributed by atoms with Gasteiger partial charge in [-0.25, -0.2) is 8.42 Å². The van der Waals surface area contributed by atoms with Crippen molar-refractivity contribution in [3.05, 3.63) is 0 Å². The predicted molar refractivity (Wildman–Crippen MR) is 64.2 cm³/mol. The summed E-state index contributed by atoms with van der Waals surface area (Å²) in [6, 6.07) is 0. The lowest BCUT2D eigenvalue weighted by Gasteiger charge is -2.36. The van der Waals surface area contributed by atoms with Crippen LogP contribution in [0.1, 0.15) is 32.6 Å². The summed E-state index contributed by atoms with van der Waals surface area (Å²) < 4.78 is 58.6. The summed E-state index contributed by atoms with van der Waals surface area (Å²) in [4.78, 5) is 0. The van der Waals surface area contributed by atoms with E-state index < -0.39 is 27.0 Å². The summed E-state index contributed by atoms with van der Waals surface area (Å²) in [6.45, 7) is 1.84. The molecule has 0 aliphatic heterocycles. The summed E-state index contributed by atoms with van der Waals surface area (Å²) in [5.41, 5.74) is -5.11. The summed E-state index contributed by atoms with van der Waals surface area (Å²) in [5.74, 6) is -1.16. The highest BCUT2D eigenvalue weighted by atomic mass is 127. The van der Waals surface area contributed by atoms with E-state index in [9.17, 15) is 21.6 Å². The lowest BCUT2D eigenvalue weighted by atomic mass is 9.81. The lowest BCUT2D eigenvalue weighted by molar-refractivity contribution is -0.0440. The van der Waals surface area contributed by atoms with Crippen LogP contribution in [0.2, 0.25) is 0 Å². The van der Waals surface area contributed by atoms with E-state index in [0.717, 1.165) is 19.3 Å². The van der Waals surface area contributed by atoms with Crippen molar-refractivity contribution in [2.75, 3.05) is 5.75 Å². The fraction of sp³-hybridized carbons (Fsp3) is 1.00. The van der Waals surface area contributed by atoms with E-state index in [4.69, 9.17) is 0 Å². The van der Waals surface area contributed by atoms with Crippen LogP contribution in [0.25, 0.3) is 0 Å². The third-order valence-electron chi connectivity index (χ3n) is 3.09. The topological polar surface area (TPSA) is 34.1 Å². The monoisotopic (exact) mass is 370 g/mol. The van der Waals surface area contributed by atoms with Gasteiger partial charge in [0.1, 0.15) is 0 Å². The van der Waals surface area contributed by atoms with E-state index in [2.05, 4.69) is 22.6 Å². The molecule has 0 amide bonds. The molecule has 0 spiro atoms. The Morgan fingerprint density at radius 2 is 1.94 bits per heavy atom. The highest BCUT2D eigenvalue weighted by molar-refractivity contribution is 14.1. The van der Waals surface area contributed by atoms with E-state index in [-0.39, 0.29) is 3.42 Å². The minimum atomic E-state index is -5.11. The maximum atomic E-state index is 12.2. The molecule has 0 aromatic rings. The molecule has 2 atom stereocenters. The van der Waals surface area contributed by atoms with Crippen molar-refractivity contribution in [1.29, 1.82) is 0 Å². The van der Waals surface area contributed by atoms with Gasteiger partial charge in [-0.15, -0.1) is 0 Å². The normalized spacial score (nSPS) is 32.7. The van der Waals surface area contributed by atoms with Gasteiger partial charge in [-0.2, -0.15) is 13.2 Å². The van der Waals surface area contributed by atoms with Crippen molar-refractivity contribution in [1.82, 2.24) is 0 Å². The van der Waals surface area contributed by atoms with E-state index in [1.807, 2.05) is 6.92 Å². The van der Waals surface area contributed by atoms with Crippen LogP contribution in [-0.4, -0.2) is 23.1 Å². The van der Waals surface area contributed by atoms with Crippen LogP contribution in [0.15, 0.2) is 0 Å². The van der Waals surface area contributed by atoms with Crippen molar-refractivity contribution < 1.29 is 21.6 Å². The molecule has 0 N–H and O–H groups in total. The van der Waals surface area contributed by atoms with Crippen LogP contribution in [-0.2, 0) is 9.84 Å². The second-order valence-electron chi connectivity index (χ2n) is 4.45. The smallest absolute Gasteiger partial charge is 0.220 e. The number of halogens is 4. The van der Waals surface area contributed by atoms with Gasteiger partial charge in [0, 0.05) is 3.42 Å². The molecular weight excluding hydrogens is 356 g/mol. The quantitative estimate of drug-likeness (QED) is 0.552. The zero-order valence-corrected chi connectivity index (χ0v) is 11.8. The first-order valence-corrected chi connectivity index (χ1v) is 7.77. The zero-order chi connectivity index (χ0) is 12.6. The highest BCUT2D eigenvalue weighted by Gasteiger charge is 2.49. The Balaban J connectivity index is 2.81. The molecule has 1 aliphatic carbocycles. The fourth-order valence-corrected chi connectivity index (χ4v) is 4.45. The first-order chi connectivity index (χ1) is 7.06. The lowest BCUT2D eigenvalue weighted by Crippen LogP contribution is -2.39. The second kappa shape index (κ2) is 4.62. The van der Waals surface area contributed by atoms with Crippen molar-refractivity contribution >= 4 is 32.4 Å². The average molecular weight is 370 g/mol. The molecule has 0 heterocycles. The van der Waals surface area contributed by atoms with Crippen LogP contribution >= 0.6 is 22.6 Å². The van der Waals surface area contributed by atoms with Crippen LogP contribution in [0.5, 0.6) is 0 Å². The number of alkyl halides is 4. The maximum absolute atomic E-state index is 12.2. The molecule has 2 nitrogen and oxygen atoms in total. The summed E-state index contributed by atoms with van der Waals surface area (Å²) in [5, 5.41) is 0. The predicted octanol–water partition coefficient (Wildman–Crippen LogP) is 3.30. The van der Waals surface area contributed by atoms with Crippen molar-refractivity contribution in [2.45, 2.75) is 41.5 Å². The third-order valence-corrected chi connectivity index (χ3v) is 6.06. The number of hydrogen-bond donors (Lipinski definition) is 0. The van der Waals surface area contributed by atoms with Gasteiger partial charge >= 0.3 is 5.51 Å². The highest BCUT2D eigenvalue weighted by Crippen LogP contribution is 2.42. The molecule has 0 saturated heterocycles. The van der Waals surface area contributed by atoms with Crippen LogP contribution in [0.3, 0.4) is 0 Å². The first kappa shape index (κ1) is 14.5. The van der Waals surface area contributed by atoms with Crippen molar-refractivity contribution in [2.24, 2.45) is 5.92 Å². The van der Waals surface area contributed by atoms with Gasteiger partial charge in [0.05, 0.1) is 5.75 Å². The number of hydrogen-bond acceptors (Lipinski definition) is 2. The zero-order valence-electron chi connectivity index (χ0n) is 8.85. The molecule has 2 unspecified atom stereocenters. The first-order valence-electron chi connectivity index (χ1n) is 5.04. The molecule has 0 aromatic heterocycles. The molecular formula is C9H14F3IO2S. The molecule has 0 radical (unpaired) electrons. The summed E-state index contributed by atoms with van der Waals surface area (Å²) >= 11 is 2.09. The molecule has 1 rings (SSSR count). The Morgan fingerprint density at radius 3 is 2.38 bits per heavy atom. The van der Waals surface area contributed by atoms with Gasteiger partial charge in [-0.1, -0.05) is 42.4 Å². The fourth-order valence-electron chi connectivity index (χ4n) is 1.98. The third kappa shape index (κ3) is 3.24. The van der Waals surface area contributed by atoms with Crippen LogP contribution in [0, 0.1) is 5.92 Å². The minimum absolute atomic E-state index is 0.339. The van der Waals surface area contributed by atoms with E-state index in [1.165, 1.54) is 0 Å². The van der Waals surface area contributed by atoms with Crippen molar-refractivity contribution in [3.8, 4) is 0 Å². The Hall–Kier alpha value is 0.470. The minimum Gasteiger partial charge on any atom is -0.220 e. The molecule has 7 heteroatoms.